The molecule has 1 N–H and O–H groups in total. The first kappa shape index (κ1) is 18.6. The molecule has 0 aliphatic carbocycles. The number of hydrogen-bond acceptors (Lipinski definition) is 7. The van der Waals surface area contributed by atoms with Gasteiger partial charge in [-0.25, -0.2) is 4.98 Å². The maximum atomic E-state index is 12.7. The van der Waals surface area contributed by atoms with Crippen LogP contribution in [0.1, 0.15) is 10.4 Å². The van der Waals surface area contributed by atoms with Crippen molar-refractivity contribution in [1.82, 2.24) is 4.98 Å². The molecule has 0 atom stereocenters. The molecule has 0 saturated carbocycles. The molecule has 0 radical (unpaired) electrons. The normalized spacial score (nSPS) is 12.5. The second-order valence-electron chi connectivity index (χ2n) is 5.92. The van der Waals surface area contributed by atoms with Crippen LogP contribution in [0.15, 0.2) is 46.7 Å². The van der Waals surface area contributed by atoms with Crippen LogP contribution >= 0.6 is 23.1 Å². The molecule has 0 bridgehead atoms. The second-order valence-corrected chi connectivity index (χ2v) is 7.65. The Balaban J connectivity index is 1.53. The number of nitrogens with one attached hydrogen (secondary N) is 1. The maximum absolute atomic E-state index is 12.7. The molecule has 1 amide bonds. The number of anilines is 1. The van der Waals surface area contributed by atoms with Crippen LogP contribution in [0.5, 0.6) is 17.2 Å². The van der Waals surface area contributed by atoms with Gasteiger partial charge in [0.1, 0.15) is 19.0 Å². The highest BCUT2D eigenvalue weighted by atomic mass is 32.2. The summed E-state index contributed by atoms with van der Waals surface area (Å²) in [6.07, 6.45) is 1.98. The highest BCUT2D eigenvalue weighted by Crippen LogP contribution is 2.35. The Labute approximate surface area is 170 Å². The number of carbonyl (C=O) groups is 1. The zero-order valence-electron chi connectivity index (χ0n) is 15.4. The van der Waals surface area contributed by atoms with Gasteiger partial charge in [-0.05, 0) is 42.7 Å². The van der Waals surface area contributed by atoms with E-state index in [1.54, 1.807) is 24.9 Å². The SMILES string of the molecule is COc1cc(SC)ccc1C(=O)Nc1nc(-c2ccc3c(c2)OCCO3)cs1. The molecule has 0 spiro atoms. The minimum atomic E-state index is -0.257. The van der Waals surface area contributed by atoms with Crippen LogP contribution in [0.25, 0.3) is 11.3 Å². The molecule has 8 heteroatoms. The Morgan fingerprint density at radius 3 is 2.79 bits per heavy atom. The first-order valence-electron chi connectivity index (χ1n) is 8.57. The molecule has 2 heterocycles. The van der Waals surface area contributed by atoms with Crippen molar-refractivity contribution in [2.45, 2.75) is 4.90 Å². The summed E-state index contributed by atoms with van der Waals surface area (Å²) in [6, 6.07) is 11.2. The quantitative estimate of drug-likeness (QED) is 0.617. The number of thioether (sulfide) groups is 1. The van der Waals surface area contributed by atoms with Crippen molar-refractivity contribution in [2.75, 3.05) is 31.9 Å². The number of hydrogen-bond donors (Lipinski definition) is 1. The summed E-state index contributed by atoms with van der Waals surface area (Å²) in [4.78, 5) is 18.2. The number of benzene rings is 2. The lowest BCUT2D eigenvalue weighted by Crippen LogP contribution is -2.15. The summed E-state index contributed by atoms with van der Waals surface area (Å²) in [5.41, 5.74) is 2.14. The zero-order chi connectivity index (χ0) is 19.5. The standard InChI is InChI=1S/C20H18N2O4S2/c1-24-17-10-13(27-2)4-5-14(17)19(23)22-20-21-15(11-28-20)12-3-6-16-18(9-12)26-8-7-25-16/h3-6,9-11H,7-8H2,1-2H3,(H,21,22,23). The van der Waals surface area contributed by atoms with Gasteiger partial charge in [-0.2, -0.15) is 0 Å². The van der Waals surface area contributed by atoms with Gasteiger partial charge in [0.2, 0.25) is 0 Å². The fraction of sp³-hybridized carbons (Fsp3) is 0.200. The minimum absolute atomic E-state index is 0.257. The van der Waals surface area contributed by atoms with Crippen LogP contribution in [0.2, 0.25) is 0 Å². The smallest absolute Gasteiger partial charge is 0.261 e. The fourth-order valence-electron chi connectivity index (χ4n) is 2.82. The predicted octanol–water partition coefficient (Wildman–Crippen LogP) is 4.56. The number of nitrogens with zero attached hydrogens (tertiary/aromatic N) is 1. The number of thiazole rings is 1. The summed E-state index contributed by atoms with van der Waals surface area (Å²) >= 11 is 2.96. The van der Waals surface area contributed by atoms with E-state index >= 15 is 0 Å². The van der Waals surface area contributed by atoms with Crippen molar-refractivity contribution in [2.24, 2.45) is 0 Å². The van der Waals surface area contributed by atoms with E-state index in [9.17, 15) is 4.79 Å². The summed E-state index contributed by atoms with van der Waals surface area (Å²) < 4.78 is 16.5. The van der Waals surface area contributed by atoms with Crippen LogP contribution in [-0.2, 0) is 0 Å². The molecule has 3 aromatic rings. The van der Waals surface area contributed by atoms with E-state index in [-0.39, 0.29) is 5.91 Å². The molecule has 0 saturated heterocycles. The molecule has 1 aliphatic heterocycles. The van der Waals surface area contributed by atoms with Crippen molar-refractivity contribution in [3.8, 4) is 28.5 Å². The molecular formula is C20H18N2O4S2. The summed E-state index contributed by atoms with van der Waals surface area (Å²) in [5, 5.41) is 5.27. The average molecular weight is 415 g/mol. The zero-order valence-corrected chi connectivity index (χ0v) is 17.0. The predicted molar refractivity (Wildman–Crippen MR) is 111 cm³/mol. The van der Waals surface area contributed by atoms with E-state index in [0.29, 0.717) is 35.4 Å². The topological polar surface area (TPSA) is 69.7 Å². The molecule has 28 heavy (non-hydrogen) atoms. The number of carbonyl (C=O) groups excluding carboxylic acids is 1. The summed E-state index contributed by atoms with van der Waals surface area (Å²) in [5.74, 6) is 1.72. The molecule has 2 aromatic carbocycles. The van der Waals surface area contributed by atoms with Crippen molar-refractivity contribution in [3.05, 3.63) is 47.3 Å². The fourth-order valence-corrected chi connectivity index (χ4v) is 3.96. The van der Waals surface area contributed by atoms with Crippen LogP contribution in [0.4, 0.5) is 5.13 Å². The molecule has 1 aliphatic rings. The Kier molecular flexibility index (Phi) is 5.40. The van der Waals surface area contributed by atoms with Gasteiger partial charge < -0.3 is 14.2 Å². The molecule has 1 aromatic heterocycles. The largest absolute Gasteiger partial charge is 0.496 e. The van der Waals surface area contributed by atoms with Gasteiger partial charge in [0.25, 0.3) is 5.91 Å². The third-order valence-corrected chi connectivity index (χ3v) is 5.70. The number of methoxy groups -OCH3 is 1. The monoisotopic (exact) mass is 414 g/mol. The molecular weight excluding hydrogens is 396 g/mol. The number of ether oxygens (including phenoxy) is 3. The summed E-state index contributed by atoms with van der Waals surface area (Å²) in [6.45, 7) is 1.09. The lowest BCUT2D eigenvalue weighted by Gasteiger charge is -2.18. The van der Waals surface area contributed by atoms with Gasteiger partial charge in [-0.3, -0.25) is 10.1 Å². The molecule has 0 unspecified atom stereocenters. The average Bonchev–Trinajstić information content (AvgIpc) is 3.21. The lowest BCUT2D eigenvalue weighted by atomic mass is 10.1. The van der Waals surface area contributed by atoms with E-state index < -0.39 is 0 Å². The van der Waals surface area contributed by atoms with Crippen molar-refractivity contribution >= 4 is 34.1 Å². The highest BCUT2D eigenvalue weighted by molar-refractivity contribution is 7.98. The minimum Gasteiger partial charge on any atom is -0.496 e. The first-order chi connectivity index (χ1) is 13.7. The van der Waals surface area contributed by atoms with Gasteiger partial charge in [0, 0.05) is 15.8 Å². The van der Waals surface area contributed by atoms with Crippen LogP contribution in [0, 0.1) is 0 Å². The molecule has 6 nitrogen and oxygen atoms in total. The van der Waals surface area contributed by atoms with Gasteiger partial charge in [0.15, 0.2) is 16.6 Å². The van der Waals surface area contributed by atoms with E-state index in [0.717, 1.165) is 21.9 Å². The molecule has 0 fully saturated rings. The maximum Gasteiger partial charge on any atom is 0.261 e. The Morgan fingerprint density at radius 2 is 2.00 bits per heavy atom. The van der Waals surface area contributed by atoms with Gasteiger partial charge in [0.05, 0.1) is 18.4 Å². The highest BCUT2D eigenvalue weighted by Gasteiger charge is 2.17. The Morgan fingerprint density at radius 1 is 1.18 bits per heavy atom. The number of aromatic nitrogens is 1. The third kappa shape index (κ3) is 3.79. The van der Waals surface area contributed by atoms with Crippen molar-refractivity contribution in [3.63, 3.8) is 0 Å². The Hall–Kier alpha value is -2.71. The van der Waals surface area contributed by atoms with Gasteiger partial charge in [-0.15, -0.1) is 23.1 Å². The second kappa shape index (κ2) is 8.12. The van der Waals surface area contributed by atoms with E-state index in [2.05, 4.69) is 10.3 Å². The van der Waals surface area contributed by atoms with Gasteiger partial charge in [-0.1, -0.05) is 0 Å². The van der Waals surface area contributed by atoms with Gasteiger partial charge >= 0.3 is 0 Å². The molecule has 144 valence electrons. The van der Waals surface area contributed by atoms with Crippen molar-refractivity contribution in [1.29, 1.82) is 0 Å². The molecule has 4 rings (SSSR count). The number of rotatable bonds is 5. The first-order valence-corrected chi connectivity index (χ1v) is 10.7. The van der Waals surface area contributed by atoms with Crippen LogP contribution in [0.3, 0.4) is 0 Å². The lowest BCUT2D eigenvalue weighted by molar-refractivity contribution is 0.102. The third-order valence-electron chi connectivity index (χ3n) is 4.22. The van der Waals surface area contributed by atoms with E-state index in [1.165, 1.54) is 11.3 Å². The Bertz CT molecular complexity index is 1020. The van der Waals surface area contributed by atoms with Crippen LogP contribution < -0.4 is 19.5 Å². The van der Waals surface area contributed by atoms with Crippen LogP contribution in [-0.4, -0.2) is 37.5 Å². The van der Waals surface area contributed by atoms with E-state index in [4.69, 9.17) is 14.2 Å². The number of amides is 1. The van der Waals surface area contributed by atoms with Crippen molar-refractivity contribution < 1.29 is 19.0 Å². The number of fused-ring (bicyclic) bond motifs is 1. The van der Waals surface area contributed by atoms with E-state index in [1.807, 2.05) is 42.0 Å². The summed E-state index contributed by atoms with van der Waals surface area (Å²) in [7, 11) is 1.56.